The average molecular weight is 298 g/mol. The lowest BCUT2D eigenvalue weighted by molar-refractivity contribution is 0.590. The van der Waals surface area contributed by atoms with Crippen molar-refractivity contribution in [1.29, 1.82) is 0 Å². The first-order valence-electron chi connectivity index (χ1n) is 7.16. The molecule has 1 aromatic carbocycles. The molecule has 0 aliphatic carbocycles. The number of hydrogen-bond acceptors (Lipinski definition) is 4. The maximum atomic E-state index is 5.75. The number of nitrogens with one attached hydrogen (secondary N) is 1. The van der Waals surface area contributed by atoms with Gasteiger partial charge in [-0.15, -0.1) is 0 Å². The molecule has 0 saturated heterocycles. The summed E-state index contributed by atoms with van der Waals surface area (Å²) in [6.45, 7) is 10.4. The summed E-state index contributed by atoms with van der Waals surface area (Å²) in [6, 6.07) is 6.34. The molecule has 4 nitrogen and oxygen atoms in total. The molecule has 22 heavy (non-hydrogen) atoms. The summed E-state index contributed by atoms with van der Waals surface area (Å²) in [4.78, 5) is 4.07. The maximum absolute atomic E-state index is 5.75. The fourth-order valence-electron chi connectivity index (χ4n) is 2.10. The minimum Gasteiger partial charge on any atom is -0.404 e. The van der Waals surface area contributed by atoms with Crippen molar-refractivity contribution >= 4 is 17.4 Å². The molecule has 0 aliphatic heterocycles. The third kappa shape index (κ3) is 4.33. The smallest absolute Gasteiger partial charge is 0.0301 e. The Morgan fingerprint density at radius 3 is 2.18 bits per heavy atom. The molecular weight excluding hydrogens is 272 g/mol. The molecule has 0 spiro atoms. The van der Waals surface area contributed by atoms with Gasteiger partial charge >= 0.3 is 0 Å². The fraction of sp³-hybridized carbons (Fsp3) is 0.278. The summed E-state index contributed by atoms with van der Waals surface area (Å²) in [7, 11) is 1.73. The van der Waals surface area contributed by atoms with Gasteiger partial charge in [0.2, 0.25) is 0 Å². The Labute approximate surface area is 133 Å². The van der Waals surface area contributed by atoms with Gasteiger partial charge in [0.25, 0.3) is 0 Å². The molecular formula is C18H26N4. The van der Waals surface area contributed by atoms with Crippen LogP contribution < -0.4 is 17.0 Å². The molecule has 0 heterocycles. The minimum atomic E-state index is 0.0102. The van der Waals surface area contributed by atoms with E-state index in [1.165, 1.54) is 5.56 Å². The molecule has 0 unspecified atom stereocenters. The number of hydrazine groups is 1. The van der Waals surface area contributed by atoms with Gasteiger partial charge in [-0.3, -0.25) is 10.8 Å². The first-order chi connectivity index (χ1) is 10.4. The number of aliphatic imine (C=N–C) groups is 1. The second-order valence-corrected chi connectivity index (χ2v) is 6.03. The molecule has 0 atom stereocenters. The number of nitrogens with zero attached hydrogens (tertiary/aromatic N) is 1. The standard InChI is InChI=1S/C18H26N4/c1-6-13(12-22-20)14-7-15(16(10-19)11-21-5)9-17(8-14)18(2,3)4/h6-12,22H,1,19-20H2,2-5H3/b13-12+,16-10+,21-11?. The van der Waals surface area contributed by atoms with Crippen molar-refractivity contribution in [3.8, 4) is 0 Å². The van der Waals surface area contributed by atoms with E-state index in [1.54, 1.807) is 31.7 Å². The molecule has 0 radical (unpaired) electrons. The number of benzene rings is 1. The van der Waals surface area contributed by atoms with Crippen LogP contribution >= 0.6 is 0 Å². The lowest BCUT2D eigenvalue weighted by Crippen LogP contribution is -2.15. The highest BCUT2D eigenvalue weighted by atomic mass is 15.2. The van der Waals surface area contributed by atoms with Crippen LogP contribution in [0.15, 0.2) is 48.2 Å². The molecule has 118 valence electrons. The van der Waals surface area contributed by atoms with E-state index in [1.807, 2.05) is 0 Å². The number of hydrogen-bond donors (Lipinski definition) is 3. The van der Waals surface area contributed by atoms with Crippen LogP contribution in [0.4, 0.5) is 0 Å². The lowest BCUT2D eigenvalue weighted by Gasteiger charge is -2.22. The Morgan fingerprint density at radius 2 is 1.77 bits per heavy atom. The summed E-state index contributed by atoms with van der Waals surface area (Å²) >= 11 is 0. The molecule has 0 fully saturated rings. The SMILES string of the molecule is C=C/C(=C\NN)c1cc(/C(C=NC)=C/N)cc(C(C)(C)C)c1. The first-order valence-corrected chi connectivity index (χ1v) is 7.16. The first kappa shape index (κ1) is 17.7. The van der Waals surface area contributed by atoms with Gasteiger partial charge in [0.1, 0.15) is 0 Å². The Balaban J connectivity index is 3.59. The van der Waals surface area contributed by atoms with Gasteiger partial charge in [-0.1, -0.05) is 45.6 Å². The van der Waals surface area contributed by atoms with Gasteiger partial charge < -0.3 is 11.2 Å². The summed E-state index contributed by atoms with van der Waals surface area (Å²) < 4.78 is 0. The molecule has 0 aliphatic rings. The van der Waals surface area contributed by atoms with E-state index in [0.717, 1.165) is 22.3 Å². The van der Waals surface area contributed by atoms with Crippen molar-refractivity contribution in [2.24, 2.45) is 16.6 Å². The zero-order chi connectivity index (χ0) is 16.8. The quantitative estimate of drug-likeness (QED) is 0.338. The van der Waals surface area contributed by atoms with E-state index in [-0.39, 0.29) is 5.41 Å². The number of nitrogens with two attached hydrogens (primary N) is 2. The molecule has 5 N–H and O–H groups in total. The van der Waals surface area contributed by atoms with Crippen molar-refractivity contribution in [3.05, 3.63) is 59.9 Å². The molecule has 0 aromatic heterocycles. The van der Waals surface area contributed by atoms with Crippen LogP contribution in [0.25, 0.3) is 11.1 Å². The van der Waals surface area contributed by atoms with E-state index in [4.69, 9.17) is 11.6 Å². The average Bonchev–Trinajstić information content (AvgIpc) is 2.48. The van der Waals surface area contributed by atoms with Crippen molar-refractivity contribution in [2.45, 2.75) is 26.2 Å². The van der Waals surface area contributed by atoms with E-state index >= 15 is 0 Å². The van der Waals surface area contributed by atoms with Crippen molar-refractivity contribution in [2.75, 3.05) is 7.05 Å². The fourth-order valence-corrected chi connectivity index (χ4v) is 2.10. The zero-order valence-corrected chi connectivity index (χ0v) is 13.9. The summed E-state index contributed by atoms with van der Waals surface area (Å²) in [6.07, 6.45) is 6.81. The van der Waals surface area contributed by atoms with Crippen LogP contribution in [0.5, 0.6) is 0 Å². The Kier molecular flexibility index (Phi) is 6.13. The van der Waals surface area contributed by atoms with Gasteiger partial charge in [0.05, 0.1) is 0 Å². The molecule has 1 aromatic rings. The van der Waals surface area contributed by atoms with Gasteiger partial charge in [0, 0.05) is 31.2 Å². The Hall–Kier alpha value is -2.33. The normalized spacial score (nSPS) is 13.5. The third-order valence-corrected chi connectivity index (χ3v) is 3.37. The van der Waals surface area contributed by atoms with Gasteiger partial charge in [-0.2, -0.15) is 0 Å². The van der Waals surface area contributed by atoms with Gasteiger partial charge in [0.15, 0.2) is 0 Å². The van der Waals surface area contributed by atoms with Crippen molar-refractivity contribution in [3.63, 3.8) is 0 Å². The van der Waals surface area contributed by atoms with Crippen LogP contribution in [-0.4, -0.2) is 13.3 Å². The monoisotopic (exact) mass is 298 g/mol. The molecule has 0 saturated carbocycles. The summed E-state index contributed by atoms with van der Waals surface area (Å²) in [5.74, 6) is 5.41. The minimum absolute atomic E-state index is 0.0102. The highest BCUT2D eigenvalue weighted by Gasteiger charge is 2.16. The van der Waals surface area contributed by atoms with Crippen molar-refractivity contribution in [1.82, 2.24) is 5.43 Å². The number of rotatable bonds is 5. The highest BCUT2D eigenvalue weighted by Crippen LogP contribution is 2.29. The predicted octanol–water partition coefficient (Wildman–Crippen LogP) is 2.97. The van der Waals surface area contributed by atoms with Crippen LogP contribution in [0, 0.1) is 0 Å². The van der Waals surface area contributed by atoms with Crippen LogP contribution in [-0.2, 0) is 5.41 Å². The van der Waals surface area contributed by atoms with Crippen molar-refractivity contribution < 1.29 is 0 Å². The van der Waals surface area contributed by atoms with Crippen LogP contribution in [0.2, 0.25) is 0 Å². The summed E-state index contributed by atoms with van der Waals surface area (Å²) in [5, 5.41) is 0. The Bertz CT molecular complexity index is 596. The second kappa shape index (κ2) is 7.61. The molecule has 1 rings (SSSR count). The maximum Gasteiger partial charge on any atom is 0.0301 e. The highest BCUT2D eigenvalue weighted by molar-refractivity contribution is 6.09. The van der Waals surface area contributed by atoms with E-state index in [9.17, 15) is 0 Å². The third-order valence-electron chi connectivity index (χ3n) is 3.37. The van der Waals surface area contributed by atoms with E-state index < -0.39 is 0 Å². The molecule has 0 amide bonds. The predicted molar refractivity (Wildman–Crippen MR) is 97.2 cm³/mol. The number of allylic oxidation sites excluding steroid dienone is 3. The molecule has 0 bridgehead atoms. The van der Waals surface area contributed by atoms with Gasteiger partial charge in [-0.25, -0.2) is 0 Å². The summed E-state index contributed by atoms with van der Waals surface area (Å²) in [5.41, 5.74) is 13.4. The van der Waals surface area contributed by atoms with Gasteiger partial charge in [-0.05, 0) is 33.7 Å². The van der Waals surface area contributed by atoms with E-state index in [0.29, 0.717) is 0 Å². The second-order valence-electron chi connectivity index (χ2n) is 6.03. The van der Waals surface area contributed by atoms with Crippen LogP contribution in [0.1, 0.15) is 37.5 Å². The zero-order valence-electron chi connectivity index (χ0n) is 13.9. The largest absolute Gasteiger partial charge is 0.404 e. The topological polar surface area (TPSA) is 76.4 Å². The molecule has 4 heteroatoms. The van der Waals surface area contributed by atoms with E-state index in [2.05, 4.69) is 56.0 Å². The Morgan fingerprint density at radius 1 is 1.18 bits per heavy atom. The lowest BCUT2D eigenvalue weighted by atomic mass is 9.83. The van der Waals surface area contributed by atoms with Crippen LogP contribution in [0.3, 0.4) is 0 Å².